The van der Waals surface area contributed by atoms with Crippen LogP contribution in [0.4, 0.5) is 0 Å². The zero-order chi connectivity index (χ0) is 14.8. The predicted octanol–water partition coefficient (Wildman–Crippen LogP) is 2.92. The second-order valence-electron chi connectivity index (χ2n) is 6.78. The number of nitrogens with zero attached hydrogens (tertiary/aromatic N) is 2. The average molecular weight is 313 g/mol. The van der Waals surface area contributed by atoms with Gasteiger partial charge >= 0.3 is 0 Å². The fourth-order valence-corrected chi connectivity index (χ4v) is 4.63. The lowest BCUT2D eigenvalue weighted by atomic mass is 9.87. The van der Waals surface area contributed by atoms with Crippen LogP contribution in [-0.2, 0) is 13.0 Å². The Morgan fingerprint density at radius 3 is 2.95 bits per heavy atom. The number of thiazole rings is 1. The van der Waals surface area contributed by atoms with Gasteiger partial charge in [-0.2, -0.15) is 0 Å². The van der Waals surface area contributed by atoms with Gasteiger partial charge in [0.15, 0.2) is 0 Å². The lowest BCUT2D eigenvalue weighted by Gasteiger charge is -2.22. The maximum Gasteiger partial charge on any atom is 0.0972 e. The number of nitrogens with one attached hydrogen (secondary N) is 1. The lowest BCUT2D eigenvalue weighted by molar-refractivity contribution is 0.267. The molecule has 2 saturated heterocycles. The Kier molecular flexibility index (Phi) is 3.99. The van der Waals surface area contributed by atoms with Gasteiger partial charge in [-0.15, -0.1) is 11.3 Å². The third kappa shape index (κ3) is 3.09. The molecule has 1 atom stereocenters. The Bertz CT molecular complexity index is 616. The highest BCUT2D eigenvalue weighted by Crippen LogP contribution is 2.36. The third-order valence-corrected chi connectivity index (χ3v) is 5.93. The molecule has 4 heteroatoms. The van der Waals surface area contributed by atoms with Crippen molar-refractivity contribution >= 4 is 11.3 Å². The van der Waals surface area contributed by atoms with Crippen LogP contribution >= 0.6 is 11.3 Å². The van der Waals surface area contributed by atoms with Gasteiger partial charge < -0.3 is 5.32 Å². The van der Waals surface area contributed by atoms with Gasteiger partial charge in [-0.05, 0) is 36.9 Å². The maximum atomic E-state index is 4.85. The Labute approximate surface area is 136 Å². The van der Waals surface area contributed by atoms with Gasteiger partial charge in [0.25, 0.3) is 0 Å². The van der Waals surface area contributed by atoms with Crippen molar-refractivity contribution in [3.8, 4) is 0 Å². The topological polar surface area (TPSA) is 28.2 Å². The maximum absolute atomic E-state index is 4.85. The molecule has 1 spiro atoms. The minimum Gasteiger partial charge on any atom is -0.316 e. The first-order valence-corrected chi connectivity index (χ1v) is 9.10. The highest BCUT2D eigenvalue weighted by Gasteiger charge is 2.40. The molecule has 3 heterocycles. The van der Waals surface area contributed by atoms with E-state index in [0.717, 1.165) is 13.0 Å². The summed E-state index contributed by atoms with van der Waals surface area (Å²) in [6.45, 7) is 5.90. The normalized spacial score (nSPS) is 25.3. The van der Waals surface area contributed by atoms with Crippen LogP contribution in [0.1, 0.15) is 29.1 Å². The van der Waals surface area contributed by atoms with E-state index < -0.39 is 0 Å². The summed E-state index contributed by atoms with van der Waals surface area (Å²) in [7, 11) is 0. The number of hydrogen-bond acceptors (Lipinski definition) is 4. The molecule has 1 unspecified atom stereocenters. The van der Waals surface area contributed by atoms with Crippen molar-refractivity contribution in [1.29, 1.82) is 0 Å². The third-order valence-electron chi connectivity index (χ3n) is 5.03. The summed E-state index contributed by atoms with van der Waals surface area (Å²) in [6, 6.07) is 10.6. The van der Waals surface area contributed by atoms with Crippen molar-refractivity contribution in [2.24, 2.45) is 5.41 Å². The van der Waals surface area contributed by atoms with Crippen LogP contribution in [-0.4, -0.2) is 36.1 Å². The van der Waals surface area contributed by atoms with E-state index in [2.05, 4.69) is 45.9 Å². The van der Waals surface area contributed by atoms with Crippen molar-refractivity contribution in [2.75, 3.05) is 26.2 Å². The number of rotatable bonds is 4. The molecule has 1 aromatic carbocycles. The number of likely N-dealkylation sites (tertiary alicyclic amines) is 1. The highest BCUT2D eigenvalue weighted by molar-refractivity contribution is 7.09. The predicted molar refractivity (Wildman–Crippen MR) is 91.2 cm³/mol. The molecular weight excluding hydrogens is 290 g/mol. The molecule has 0 aliphatic carbocycles. The second kappa shape index (κ2) is 6.11. The van der Waals surface area contributed by atoms with E-state index >= 15 is 0 Å². The molecule has 2 aliphatic rings. The smallest absolute Gasteiger partial charge is 0.0972 e. The summed E-state index contributed by atoms with van der Waals surface area (Å²) < 4.78 is 0. The molecule has 1 aromatic heterocycles. The van der Waals surface area contributed by atoms with E-state index in [1.165, 1.54) is 55.3 Å². The van der Waals surface area contributed by atoms with Crippen LogP contribution in [0.15, 0.2) is 35.7 Å². The summed E-state index contributed by atoms with van der Waals surface area (Å²) in [4.78, 5) is 7.44. The van der Waals surface area contributed by atoms with Crippen molar-refractivity contribution in [3.63, 3.8) is 0 Å². The molecule has 0 bridgehead atoms. The molecule has 0 amide bonds. The Morgan fingerprint density at radius 2 is 2.14 bits per heavy atom. The first-order chi connectivity index (χ1) is 10.8. The first-order valence-electron chi connectivity index (χ1n) is 8.22. The lowest BCUT2D eigenvalue weighted by Crippen LogP contribution is -2.29. The molecule has 3 nitrogen and oxygen atoms in total. The average Bonchev–Trinajstić information content (AvgIpc) is 3.25. The van der Waals surface area contributed by atoms with E-state index in [4.69, 9.17) is 4.98 Å². The monoisotopic (exact) mass is 313 g/mol. The minimum absolute atomic E-state index is 0.558. The fourth-order valence-electron chi connectivity index (χ4n) is 3.81. The van der Waals surface area contributed by atoms with Gasteiger partial charge in [0.2, 0.25) is 0 Å². The van der Waals surface area contributed by atoms with E-state index in [-0.39, 0.29) is 0 Å². The van der Waals surface area contributed by atoms with Crippen LogP contribution in [0, 0.1) is 5.41 Å². The molecule has 4 rings (SSSR count). The largest absolute Gasteiger partial charge is 0.316 e. The minimum atomic E-state index is 0.558. The fraction of sp³-hybridized carbons (Fsp3) is 0.500. The van der Waals surface area contributed by atoms with E-state index in [1.54, 1.807) is 11.3 Å². The highest BCUT2D eigenvalue weighted by atomic mass is 32.1. The van der Waals surface area contributed by atoms with Crippen LogP contribution in [0.5, 0.6) is 0 Å². The molecule has 0 saturated carbocycles. The quantitative estimate of drug-likeness (QED) is 0.941. The van der Waals surface area contributed by atoms with Crippen LogP contribution < -0.4 is 5.32 Å². The van der Waals surface area contributed by atoms with Gasteiger partial charge in [-0.25, -0.2) is 4.98 Å². The van der Waals surface area contributed by atoms with Gasteiger partial charge in [0, 0.05) is 31.4 Å². The summed E-state index contributed by atoms with van der Waals surface area (Å²) in [5.41, 5.74) is 3.16. The van der Waals surface area contributed by atoms with Gasteiger partial charge in [-0.3, -0.25) is 4.90 Å². The van der Waals surface area contributed by atoms with Crippen LogP contribution in [0.2, 0.25) is 0 Å². The van der Waals surface area contributed by atoms with Crippen molar-refractivity contribution in [2.45, 2.75) is 25.8 Å². The molecule has 2 fully saturated rings. The number of hydrogen-bond donors (Lipinski definition) is 1. The molecule has 22 heavy (non-hydrogen) atoms. The summed E-state index contributed by atoms with van der Waals surface area (Å²) >= 11 is 1.80. The van der Waals surface area contributed by atoms with Crippen molar-refractivity contribution in [3.05, 3.63) is 52.0 Å². The summed E-state index contributed by atoms with van der Waals surface area (Å²) in [5.74, 6) is 0. The Hall–Kier alpha value is -1.23. The Balaban J connectivity index is 1.36. The standard InChI is InChI=1S/C18H23N3S/c1-2-4-15(5-3-1)10-17-20-16(12-22-17)11-21-9-7-18(14-21)6-8-19-13-18/h1-5,12,19H,6-11,13-14H2. The molecule has 2 aromatic rings. The first kappa shape index (κ1) is 14.4. The van der Waals surface area contributed by atoms with Crippen LogP contribution in [0.25, 0.3) is 0 Å². The number of benzene rings is 1. The van der Waals surface area contributed by atoms with E-state index in [0.29, 0.717) is 5.41 Å². The van der Waals surface area contributed by atoms with Crippen LogP contribution in [0.3, 0.4) is 0 Å². The molecule has 2 aliphatic heterocycles. The number of aromatic nitrogens is 1. The second-order valence-corrected chi connectivity index (χ2v) is 7.73. The SMILES string of the molecule is c1ccc(Cc2nc(CN3CCC4(CCNC4)C3)cs2)cc1. The molecule has 116 valence electrons. The zero-order valence-corrected chi connectivity index (χ0v) is 13.7. The van der Waals surface area contributed by atoms with Crippen molar-refractivity contribution < 1.29 is 0 Å². The van der Waals surface area contributed by atoms with E-state index in [9.17, 15) is 0 Å². The van der Waals surface area contributed by atoms with Gasteiger partial charge in [0.1, 0.15) is 0 Å². The van der Waals surface area contributed by atoms with Gasteiger partial charge in [0.05, 0.1) is 10.7 Å². The Morgan fingerprint density at radius 1 is 1.23 bits per heavy atom. The molecule has 0 radical (unpaired) electrons. The molecular formula is C18H23N3S. The molecule has 1 N–H and O–H groups in total. The summed E-state index contributed by atoms with van der Waals surface area (Å²) in [6.07, 6.45) is 3.65. The van der Waals surface area contributed by atoms with Crippen molar-refractivity contribution in [1.82, 2.24) is 15.2 Å². The van der Waals surface area contributed by atoms with E-state index in [1.807, 2.05) is 0 Å². The summed E-state index contributed by atoms with van der Waals surface area (Å²) in [5, 5.41) is 7.01. The van der Waals surface area contributed by atoms with Gasteiger partial charge in [-0.1, -0.05) is 30.3 Å². The zero-order valence-electron chi connectivity index (χ0n) is 12.9.